The van der Waals surface area contributed by atoms with Crippen LogP contribution in [0.4, 0.5) is 0 Å². The van der Waals surface area contributed by atoms with Crippen molar-refractivity contribution < 1.29 is 18.0 Å². The molecule has 1 heterocycles. The zero-order chi connectivity index (χ0) is 15.8. The molecule has 2 amide bonds. The van der Waals surface area contributed by atoms with Gasteiger partial charge >= 0.3 is 0 Å². The molecule has 0 spiro atoms. The number of sulfonamides is 1. The van der Waals surface area contributed by atoms with Gasteiger partial charge in [-0.2, -0.15) is 4.31 Å². The minimum Gasteiger partial charge on any atom is -0.326 e. The molecule has 0 bridgehead atoms. The standard InChI is InChI=1S/C13H17N3O4S/c1-13(2)12(18)15-11(17)8-16(13)21(19,20)10-5-3-9(7-14)4-6-10/h3-6H,7-8,14H2,1-2H3,(H,15,17,18). The second kappa shape index (κ2) is 5.21. The van der Waals surface area contributed by atoms with Crippen LogP contribution in [0.25, 0.3) is 0 Å². The van der Waals surface area contributed by atoms with Gasteiger partial charge in [0.05, 0.1) is 11.4 Å². The van der Waals surface area contributed by atoms with Crippen molar-refractivity contribution in [2.45, 2.75) is 30.8 Å². The molecule has 3 N–H and O–H groups in total. The van der Waals surface area contributed by atoms with Crippen LogP contribution >= 0.6 is 0 Å². The van der Waals surface area contributed by atoms with Crippen LogP contribution in [-0.4, -0.2) is 36.6 Å². The number of hydrogen-bond donors (Lipinski definition) is 2. The summed E-state index contributed by atoms with van der Waals surface area (Å²) in [6.07, 6.45) is 0. The highest BCUT2D eigenvalue weighted by Gasteiger charge is 2.47. The van der Waals surface area contributed by atoms with E-state index in [4.69, 9.17) is 5.73 Å². The van der Waals surface area contributed by atoms with Crippen molar-refractivity contribution in [3.63, 3.8) is 0 Å². The van der Waals surface area contributed by atoms with Gasteiger partial charge in [0, 0.05) is 6.54 Å². The number of carbonyl (C=O) groups excluding carboxylic acids is 2. The van der Waals surface area contributed by atoms with Crippen molar-refractivity contribution in [1.29, 1.82) is 0 Å². The van der Waals surface area contributed by atoms with E-state index >= 15 is 0 Å². The summed E-state index contributed by atoms with van der Waals surface area (Å²) in [5.74, 6) is -1.28. The summed E-state index contributed by atoms with van der Waals surface area (Å²) in [5.41, 5.74) is 4.93. The van der Waals surface area contributed by atoms with Gasteiger partial charge in [0.1, 0.15) is 5.54 Å². The Kier molecular flexibility index (Phi) is 3.87. The molecule has 0 unspecified atom stereocenters. The maximum Gasteiger partial charge on any atom is 0.247 e. The summed E-state index contributed by atoms with van der Waals surface area (Å²) in [6, 6.07) is 6.05. The first-order valence-corrected chi connectivity index (χ1v) is 7.79. The molecule has 0 radical (unpaired) electrons. The zero-order valence-electron chi connectivity index (χ0n) is 11.8. The molecule has 114 valence electrons. The molecule has 0 aromatic heterocycles. The third-order valence-electron chi connectivity index (χ3n) is 3.47. The minimum absolute atomic E-state index is 0.0234. The van der Waals surface area contributed by atoms with Crippen molar-refractivity contribution in [3.8, 4) is 0 Å². The lowest BCUT2D eigenvalue weighted by atomic mass is 10.0. The molecular formula is C13H17N3O4S. The molecule has 1 aromatic rings. The van der Waals surface area contributed by atoms with Gasteiger partial charge in [-0.1, -0.05) is 12.1 Å². The SMILES string of the molecule is CC1(C)C(=O)NC(=O)CN1S(=O)(=O)c1ccc(CN)cc1. The lowest BCUT2D eigenvalue weighted by molar-refractivity contribution is -0.141. The smallest absolute Gasteiger partial charge is 0.247 e. The Morgan fingerprint density at radius 3 is 2.33 bits per heavy atom. The van der Waals surface area contributed by atoms with Crippen LogP contribution < -0.4 is 11.1 Å². The Hall–Kier alpha value is -1.77. The largest absolute Gasteiger partial charge is 0.326 e. The van der Waals surface area contributed by atoms with E-state index in [1.807, 2.05) is 0 Å². The van der Waals surface area contributed by atoms with E-state index in [1.54, 1.807) is 12.1 Å². The van der Waals surface area contributed by atoms with Gasteiger partial charge in [-0.05, 0) is 31.5 Å². The minimum atomic E-state index is -3.95. The Morgan fingerprint density at radius 1 is 1.24 bits per heavy atom. The molecule has 1 fully saturated rings. The van der Waals surface area contributed by atoms with E-state index in [2.05, 4.69) is 5.32 Å². The Morgan fingerprint density at radius 2 is 1.81 bits per heavy atom. The highest BCUT2D eigenvalue weighted by atomic mass is 32.2. The van der Waals surface area contributed by atoms with Crippen molar-refractivity contribution in [2.24, 2.45) is 5.73 Å². The quantitative estimate of drug-likeness (QED) is 0.736. The topological polar surface area (TPSA) is 110 Å². The molecule has 0 aliphatic carbocycles. The van der Waals surface area contributed by atoms with E-state index in [0.29, 0.717) is 6.54 Å². The number of nitrogens with one attached hydrogen (secondary N) is 1. The van der Waals surface area contributed by atoms with Crippen LogP contribution in [0.1, 0.15) is 19.4 Å². The van der Waals surface area contributed by atoms with E-state index in [9.17, 15) is 18.0 Å². The number of hydrogen-bond acceptors (Lipinski definition) is 5. The monoisotopic (exact) mass is 311 g/mol. The zero-order valence-corrected chi connectivity index (χ0v) is 12.6. The number of imide groups is 1. The molecule has 1 saturated heterocycles. The Labute approximate surface area is 123 Å². The number of carbonyl (C=O) groups is 2. The summed E-state index contributed by atoms with van der Waals surface area (Å²) in [5, 5.41) is 2.14. The highest BCUT2D eigenvalue weighted by Crippen LogP contribution is 2.27. The van der Waals surface area contributed by atoms with Gasteiger partial charge in [-0.3, -0.25) is 14.9 Å². The van der Waals surface area contributed by atoms with Crippen molar-refractivity contribution >= 4 is 21.8 Å². The molecule has 7 nitrogen and oxygen atoms in total. The molecule has 2 rings (SSSR count). The van der Waals surface area contributed by atoms with E-state index in [-0.39, 0.29) is 11.4 Å². The van der Waals surface area contributed by atoms with E-state index in [0.717, 1.165) is 9.87 Å². The van der Waals surface area contributed by atoms with Crippen LogP contribution in [0.2, 0.25) is 0 Å². The third kappa shape index (κ3) is 2.69. The fraction of sp³-hybridized carbons (Fsp3) is 0.385. The van der Waals surface area contributed by atoms with Gasteiger partial charge in [-0.25, -0.2) is 8.42 Å². The van der Waals surface area contributed by atoms with Gasteiger partial charge in [0.25, 0.3) is 0 Å². The molecular weight excluding hydrogens is 294 g/mol. The number of benzene rings is 1. The summed E-state index contributed by atoms with van der Waals surface area (Å²) < 4.78 is 26.2. The highest BCUT2D eigenvalue weighted by molar-refractivity contribution is 7.89. The maximum atomic E-state index is 12.7. The van der Waals surface area contributed by atoms with Crippen molar-refractivity contribution in [1.82, 2.24) is 9.62 Å². The average molecular weight is 311 g/mol. The Bertz CT molecular complexity index is 680. The third-order valence-corrected chi connectivity index (χ3v) is 5.50. The summed E-state index contributed by atoms with van der Waals surface area (Å²) in [6.45, 7) is 2.83. The van der Waals surface area contributed by atoms with Gasteiger partial charge in [0.15, 0.2) is 0 Å². The molecule has 1 aliphatic rings. The lowest BCUT2D eigenvalue weighted by Gasteiger charge is -2.38. The molecule has 8 heteroatoms. The van der Waals surface area contributed by atoms with Crippen LogP contribution in [-0.2, 0) is 26.2 Å². The number of nitrogens with zero attached hydrogens (tertiary/aromatic N) is 1. The van der Waals surface area contributed by atoms with E-state index < -0.39 is 27.4 Å². The second-order valence-corrected chi connectivity index (χ2v) is 7.16. The van der Waals surface area contributed by atoms with Gasteiger partial charge in [-0.15, -0.1) is 0 Å². The fourth-order valence-electron chi connectivity index (χ4n) is 2.07. The molecule has 0 atom stereocenters. The predicted molar refractivity (Wildman–Crippen MR) is 75.5 cm³/mol. The maximum absolute atomic E-state index is 12.7. The van der Waals surface area contributed by atoms with Crippen LogP contribution in [0.3, 0.4) is 0 Å². The van der Waals surface area contributed by atoms with Crippen molar-refractivity contribution in [2.75, 3.05) is 6.54 Å². The number of amides is 2. The van der Waals surface area contributed by atoms with Crippen LogP contribution in [0.5, 0.6) is 0 Å². The number of nitrogens with two attached hydrogens (primary N) is 1. The van der Waals surface area contributed by atoms with Gasteiger partial charge in [0.2, 0.25) is 21.8 Å². The molecule has 1 aromatic carbocycles. The van der Waals surface area contributed by atoms with E-state index in [1.165, 1.54) is 26.0 Å². The fourth-order valence-corrected chi connectivity index (χ4v) is 3.78. The van der Waals surface area contributed by atoms with Crippen LogP contribution in [0.15, 0.2) is 29.2 Å². The Balaban J connectivity index is 2.45. The second-order valence-electron chi connectivity index (χ2n) is 5.30. The molecule has 1 aliphatic heterocycles. The van der Waals surface area contributed by atoms with Gasteiger partial charge < -0.3 is 5.73 Å². The summed E-state index contributed by atoms with van der Waals surface area (Å²) in [4.78, 5) is 23.4. The molecule has 0 saturated carbocycles. The van der Waals surface area contributed by atoms with Crippen LogP contribution in [0, 0.1) is 0 Å². The first-order chi connectivity index (χ1) is 9.69. The first-order valence-electron chi connectivity index (χ1n) is 6.35. The normalized spacial score (nSPS) is 19.4. The summed E-state index contributed by atoms with van der Waals surface area (Å²) >= 11 is 0. The predicted octanol–water partition coefficient (Wildman–Crippen LogP) is -0.429. The average Bonchev–Trinajstić information content (AvgIpc) is 2.43. The number of rotatable bonds is 3. The first kappa shape index (κ1) is 15.6. The number of piperazine rings is 1. The van der Waals surface area contributed by atoms with Crippen molar-refractivity contribution in [3.05, 3.63) is 29.8 Å². The lowest BCUT2D eigenvalue weighted by Crippen LogP contribution is -2.65. The summed E-state index contributed by atoms with van der Waals surface area (Å²) in [7, 11) is -3.95. The molecule has 21 heavy (non-hydrogen) atoms.